The molecular weight excluding hydrogens is 371 g/mol. The maximum atomic E-state index is 12.4. The molecule has 3 rings (SSSR count). The maximum absolute atomic E-state index is 12.4. The zero-order valence-corrected chi connectivity index (χ0v) is 14.8. The second-order valence-corrected chi connectivity index (χ2v) is 6.17. The zero-order valence-electron chi connectivity index (χ0n) is 13.3. The number of nitrogens with one attached hydrogen (secondary N) is 2. The second-order valence-electron chi connectivity index (χ2n) is 5.33. The predicted octanol–water partition coefficient (Wildman–Crippen LogP) is 5.26. The molecule has 0 saturated heterocycles. The number of carbonyl (C=O) groups excluding carboxylic acids is 1. The van der Waals surface area contributed by atoms with Crippen LogP contribution in [-0.2, 0) is 0 Å². The van der Waals surface area contributed by atoms with Gasteiger partial charge in [0.2, 0.25) is 0 Å². The molecule has 3 aromatic rings. The van der Waals surface area contributed by atoms with E-state index in [9.17, 15) is 4.79 Å². The van der Waals surface area contributed by atoms with E-state index >= 15 is 0 Å². The highest BCUT2D eigenvalue weighted by molar-refractivity contribution is 6.36. The summed E-state index contributed by atoms with van der Waals surface area (Å²) < 4.78 is 0. The van der Waals surface area contributed by atoms with Gasteiger partial charge in [-0.1, -0.05) is 29.3 Å². The molecule has 26 heavy (non-hydrogen) atoms. The number of carbonyl (C=O) groups is 1. The normalized spacial score (nSPS) is 10.0. The molecule has 0 unspecified atom stereocenters. The first kappa shape index (κ1) is 17.7. The summed E-state index contributed by atoms with van der Waals surface area (Å²) in [6.45, 7) is 0. The largest absolute Gasteiger partial charge is 0.354 e. The van der Waals surface area contributed by atoms with E-state index in [-0.39, 0.29) is 11.6 Å². The number of benzene rings is 2. The maximum Gasteiger partial charge on any atom is 0.274 e. The Labute approximate surface area is 160 Å². The third kappa shape index (κ3) is 4.31. The van der Waals surface area contributed by atoms with Crippen LogP contribution in [0.4, 0.5) is 17.1 Å². The molecule has 0 atom stereocenters. The molecule has 5 nitrogen and oxygen atoms in total. The first-order chi connectivity index (χ1) is 12.5. The van der Waals surface area contributed by atoms with Crippen LogP contribution in [0.5, 0.6) is 0 Å². The molecule has 7 heteroatoms. The third-order valence-electron chi connectivity index (χ3n) is 3.45. The zero-order chi connectivity index (χ0) is 18.5. The summed E-state index contributed by atoms with van der Waals surface area (Å²) in [5.74, 6) is -0.383. The van der Waals surface area contributed by atoms with Crippen LogP contribution in [-0.4, -0.2) is 10.9 Å². The van der Waals surface area contributed by atoms with Gasteiger partial charge in [0.25, 0.3) is 5.91 Å². The van der Waals surface area contributed by atoms with Crippen LogP contribution in [0, 0.1) is 11.3 Å². The standard InChI is InChI=1S/C19H12Cl2N4O/c20-13-4-5-17(16(21)9-13)24-15-6-7-23-18(10-15)19(26)25-14-3-1-2-12(8-14)11-22/h1-10H,(H,23,24)(H,25,26). The van der Waals surface area contributed by atoms with Crippen molar-refractivity contribution in [3.05, 3.63) is 82.1 Å². The lowest BCUT2D eigenvalue weighted by Gasteiger charge is -2.10. The Kier molecular flexibility index (Phi) is 5.37. The first-order valence-corrected chi connectivity index (χ1v) is 8.30. The van der Waals surface area contributed by atoms with Crippen LogP contribution in [0.3, 0.4) is 0 Å². The minimum Gasteiger partial charge on any atom is -0.354 e. The molecule has 128 valence electrons. The fourth-order valence-electron chi connectivity index (χ4n) is 2.24. The van der Waals surface area contributed by atoms with Gasteiger partial charge < -0.3 is 10.6 Å². The quantitative estimate of drug-likeness (QED) is 0.645. The number of nitrogens with zero attached hydrogens (tertiary/aromatic N) is 2. The summed E-state index contributed by atoms with van der Waals surface area (Å²) in [6.07, 6.45) is 1.52. The van der Waals surface area contributed by atoms with Crippen molar-refractivity contribution in [2.75, 3.05) is 10.6 Å². The van der Waals surface area contributed by atoms with Crippen molar-refractivity contribution >= 4 is 46.2 Å². The van der Waals surface area contributed by atoms with Crippen LogP contribution in [0.2, 0.25) is 10.0 Å². The van der Waals surface area contributed by atoms with Crippen molar-refractivity contribution in [1.82, 2.24) is 4.98 Å². The van der Waals surface area contributed by atoms with E-state index in [1.807, 2.05) is 6.07 Å². The molecule has 0 bridgehead atoms. The Morgan fingerprint density at radius 1 is 1.04 bits per heavy atom. The SMILES string of the molecule is N#Cc1cccc(NC(=O)c2cc(Nc3ccc(Cl)cc3Cl)ccn2)c1. The van der Waals surface area contributed by atoms with Gasteiger partial charge in [-0.2, -0.15) is 5.26 Å². The highest BCUT2D eigenvalue weighted by Crippen LogP contribution is 2.28. The molecule has 1 heterocycles. The lowest BCUT2D eigenvalue weighted by molar-refractivity contribution is 0.102. The summed E-state index contributed by atoms with van der Waals surface area (Å²) in [4.78, 5) is 16.5. The van der Waals surface area contributed by atoms with Crippen LogP contribution in [0.25, 0.3) is 0 Å². The number of hydrogen-bond acceptors (Lipinski definition) is 4. The Bertz CT molecular complexity index is 1010. The molecule has 2 aromatic carbocycles. The average Bonchev–Trinajstić information content (AvgIpc) is 2.64. The van der Waals surface area contributed by atoms with E-state index in [1.54, 1.807) is 54.6 Å². The van der Waals surface area contributed by atoms with Gasteiger partial charge in [0.05, 0.1) is 22.3 Å². The summed E-state index contributed by atoms with van der Waals surface area (Å²) in [7, 11) is 0. The topological polar surface area (TPSA) is 77.8 Å². The van der Waals surface area contributed by atoms with E-state index in [0.29, 0.717) is 32.7 Å². The van der Waals surface area contributed by atoms with Gasteiger partial charge in [-0.15, -0.1) is 0 Å². The number of aromatic nitrogens is 1. The molecule has 0 spiro atoms. The summed E-state index contributed by atoms with van der Waals surface area (Å²) in [5.41, 5.74) is 2.52. The smallest absolute Gasteiger partial charge is 0.274 e. The number of hydrogen-bond donors (Lipinski definition) is 2. The van der Waals surface area contributed by atoms with E-state index in [2.05, 4.69) is 15.6 Å². The van der Waals surface area contributed by atoms with Gasteiger partial charge in [-0.05, 0) is 48.5 Å². The molecule has 1 amide bonds. The van der Waals surface area contributed by atoms with Crippen molar-refractivity contribution in [3.8, 4) is 6.07 Å². The van der Waals surface area contributed by atoms with E-state index in [4.69, 9.17) is 28.5 Å². The average molecular weight is 383 g/mol. The Balaban J connectivity index is 1.78. The molecule has 0 aliphatic carbocycles. The van der Waals surface area contributed by atoms with Crippen molar-refractivity contribution in [3.63, 3.8) is 0 Å². The van der Waals surface area contributed by atoms with E-state index in [1.165, 1.54) is 6.20 Å². The van der Waals surface area contributed by atoms with Crippen molar-refractivity contribution in [1.29, 1.82) is 5.26 Å². The molecule has 0 radical (unpaired) electrons. The van der Waals surface area contributed by atoms with Crippen LogP contribution in [0.15, 0.2) is 60.8 Å². The van der Waals surface area contributed by atoms with Crippen LogP contribution < -0.4 is 10.6 Å². The monoisotopic (exact) mass is 382 g/mol. The molecule has 0 aliphatic rings. The van der Waals surface area contributed by atoms with Gasteiger partial charge in [0.15, 0.2) is 0 Å². The predicted molar refractivity (Wildman–Crippen MR) is 103 cm³/mol. The van der Waals surface area contributed by atoms with Crippen molar-refractivity contribution in [2.45, 2.75) is 0 Å². The summed E-state index contributed by atoms with van der Waals surface area (Å²) >= 11 is 12.0. The van der Waals surface area contributed by atoms with Gasteiger partial charge in [0, 0.05) is 22.6 Å². The minimum absolute atomic E-state index is 0.224. The molecule has 0 fully saturated rings. The van der Waals surface area contributed by atoms with E-state index in [0.717, 1.165) is 0 Å². The lowest BCUT2D eigenvalue weighted by Crippen LogP contribution is -2.13. The van der Waals surface area contributed by atoms with Gasteiger partial charge >= 0.3 is 0 Å². The molecular formula is C19H12Cl2N4O. The second kappa shape index (κ2) is 7.87. The van der Waals surface area contributed by atoms with Crippen molar-refractivity contribution < 1.29 is 4.79 Å². The molecule has 0 saturated carbocycles. The Morgan fingerprint density at radius 3 is 2.65 bits per heavy atom. The first-order valence-electron chi connectivity index (χ1n) is 7.55. The minimum atomic E-state index is -0.383. The number of pyridine rings is 1. The Hall–Kier alpha value is -3.07. The number of rotatable bonds is 4. The molecule has 2 N–H and O–H groups in total. The fraction of sp³-hybridized carbons (Fsp3) is 0. The van der Waals surface area contributed by atoms with Crippen LogP contribution in [0.1, 0.15) is 16.1 Å². The fourth-order valence-corrected chi connectivity index (χ4v) is 2.70. The summed E-state index contributed by atoms with van der Waals surface area (Å²) in [6, 6.07) is 17.1. The van der Waals surface area contributed by atoms with Gasteiger partial charge in [0.1, 0.15) is 5.69 Å². The number of nitriles is 1. The number of halogens is 2. The van der Waals surface area contributed by atoms with E-state index < -0.39 is 0 Å². The van der Waals surface area contributed by atoms with Crippen LogP contribution >= 0.6 is 23.2 Å². The lowest BCUT2D eigenvalue weighted by atomic mass is 10.2. The highest BCUT2D eigenvalue weighted by Gasteiger charge is 2.10. The number of anilines is 3. The molecule has 1 aromatic heterocycles. The highest BCUT2D eigenvalue weighted by atomic mass is 35.5. The third-order valence-corrected chi connectivity index (χ3v) is 4.00. The molecule has 0 aliphatic heterocycles. The number of amides is 1. The Morgan fingerprint density at radius 2 is 1.88 bits per heavy atom. The van der Waals surface area contributed by atoms with Crippen molar-refractivity contribution in [2.24, 2.45) is 0 Å². The summed E-state index contributed by atoms with van der Waals surface area (Å²) in [5, 5.41) is 15.8. The van der Waals surface area contributed by atoms with Gasteiger partial charge in [-0.3, -0.25) is 9.78 Å². The van der Waals surface area contributed by atoms with Gasteiger partial charge in [-0.25, -0.2) is 0 Å².